The van der Waals surface area contributed by atoms with E-state index in [9.17, 15) is 4.79 Å². The highest BCUT2D eigenvalue weighted by Gasteiger charge is 2.14. The number of hydrogen-bond acceptors (Lipinski definition) is 5. The fraction of sp³-hybridized carbons (Fsp3) is 0. The van der Waals surface area contributed by atoms with Crippen LogP contribution in [0.15, 0.2) is 77.5 Å². The molecule has 5 rings (SSSR count). The van der Waals surface area contributed by atoms with Gasteiger partial charge in [0, 0.05) is 29.0 Å². The second-order valence-electron chi connectivity index (χ2n) is 5.98. The van der Waals surface area contributed by atoms with Crippen LogP contribution in [-0.4, -0.2) is 25.5 Å². The molecular formula is C20H13N5O2. The smallest absolute Gasteiger partial charge is 0.295 e. The van der Waals surface area contributed by atoms with Gasteiger partial charge in [-0.25, -0.2) is 9.50 Å². The number of amides is 1. The third-order valence-corrected chi connectivity index (χ3v) is 4.15. The molecule has 0 bridgehead atoms. The maximum Gasteiger partial charge on any atom is 0.295 e. The molecule has 5 aromatic rings. The molecule has 3 heterocycles. The van der Waals surface area contributed by atoms with Gasteiger partial charge in [-0.3, -0.25) is 4.79 Å². The van der Waals surface area contributed by atoms with Gasteiger partial charge in [0.15, 0.2) is 0 Å². The molecule has 1 N–H and O–H groups in total. The molecule has 0 radical (unpaired) electrons. The average molecular weight is 355 g/mol. The van der Waals surface area contributed by atoms with E-state index in [1.165, 1.54) is 4.52 Å². The number of hydrogen-bond donors (Lipinski definition) is 1. The minimum atomic E-state index is -0.397. The quantitative estimate of drug-likeness (QED) is 0.532. The second kappa shape index (κ2) is 6.06. The van der Waals surface area contributed by atoms with Crippen molar-refractivity contribution in [2.24, 2.45) is 0 Å². The molecule has 0 unspecified atom stereocenters. The summed E-state index contributed by atoms with van der Waals surface area (Å²) in [5, 5.41) is 7.84. The van der Waals surface area contributed by atoms with Crippen molar-refractivity contribution in [1.82, 2.24) is 19.6 Å². The molecule has 0 saturated heterocycles. The lowest BCUT2D eigenvalue weighted by Crippen LogP contribution is -2.13. The van der Waals surface area contributed by atoms with Gasteiger partial charge in [-0.1, -0.05) is 30.3 Å². The topological polar surface area (TPSA) is 85.3 Å². The highest BCUT2D eigenvalue weighted by atomic mass is 16.3. The molecule has 1 amide bonds. The van der Waals surface area contributed by atoms with Gasteiger partial charge in [0.1, 0.15) is 11.3 Å². The van der Waals surface area contributed by atoms with E-state index < -0.39 is 5.91 Å². The molecule has 0 saturated carbocycles. The molecule has 7 nitrogen and oxygen atoms in total. The van der Waals surface area contributed by atoms with E-state index in [2.05, 4.69) is 20.4 Å². The summed E-state index contributed by atoms with van der Waals surface area (Å²) in [4.78, 5) is 20.6. The summed E-state index contributed by atoms with van der Waals surface area (Å²) in [6.07, 6.45) is 3.29. The van der Waals surface area contributed by atoms with Gasteiger partial charge in [0.2, 0.25) is 5.82 Å². The third-order valence-electron chi connectivity index (χ3n) is 4.15. The Morgan fingerprint density at radius 1 is 1.04 bits per heavy atom. The number of aromatic nitrogens is 4. The Labute approximate surface area is 153 Å². The normalized spacial score (nSPS) is 11.1. The van der Waals surface area contributed by atoms with Crippen molar-refractivity contribution >= 4 is 28.3 Å². The maximum atomic E-state index is 12.4. The lowest BCUT2D eigenvalue weighted by molar-refractivity contribution is 0.101. The highest BCUT2D eigenvalue weighted by Crippen LogP contribution is 2.29. The van der Waals surface area contributed by atoms with Crippen LogP contribution >= 0.6 is 0 Å². The molecule has 0 spiro atoms. The van der Waals surface area contributed by atoms with Crippen LogP contribution in [0, 0.1) is 0 Å². The Morgan fingerprint density at radius 3 is 2.78 bits per heavy atom. The van der Waals surface area contributed by atoms with Gasteiger partial charge in [0.05, 0.1) is 0 Å². The Hall–Kier alpha value is -4.00. The predicted molar refractivity (Wildman–Crippen MR) is 100 cm³/mol. The van der Waals surface area contributed by atoms with E-state index in [1.807, 2.05) is 48.5 Å². The number of fused-ring (bicyclic) bond motifs is 2. The van der Waals surface area contributed by atoms with E-state index in [0.717, 1.165) is 22.3 Å². The standard InChI is InChI=1S/C20H13N5O2/c26-19(18-23-20-21-9-4-10-25(20)24-18)22-15-7-8-16-14(11-15)12-17(27-16)13-5-2-1-3-6-13/h1-12H,(H,22,26). The zero-order valence-corrected chi connectivity index (χ0v) is 14.0. The van der Waals surface area contributed by atoms with E-state index in [0.29, 0.717) is 11.5 Å². The Balaban J connectivity index is 1.43. The first-order valence-electron chi connectivity index (χ1n) is 8.34. The van der Waals surface area contributed by atoms with Crippen molar-refractivity contribution < 1.29 is 9.21 Å². The zero-order chi connectivity index (χ0) is 18.2. The van der Waals surface area contributed by atoms with Gasteiger partial charge in [-0.2, -0.15) is 4.98 Å². The van der Waals surface area contributed by atoms with Gasteiger partial charge >= 0.3 is 0 Å². The van der Waals surface area contributed by atoms with Gasteiger partial charge in [0.25, 0.3) is 11.7 Å². The summed E-state index contributed by atoms with van der Waals surface area (Å²) in [6.45, 7) is 0. The molecule has 3 aromatic heterocycles. The number of carbonyl (C=O) groups is 1. The SMILES string of the molecule is O=C(Nc1ccc2oc(-c3ccccc3)cc2c1)c1nc2ncccn2n1. The number of nitrogens with zero attached hydrogens (tertiary/aromatic N) is 4. The van der Waals surface area contributed by atoms with Crippen LogP contribution in [0.2, 0.25) is 0 Å². The fourth-order valence-electron chi connectivity index (χ4n) is 2.88. The fourth-order valence-corrected chi connectivity index (χ4v) is 2.88. The summed E-state index contributed by atoms with van der Waals surface area (Å²) in [5.74, 6) is 0.820. The first-order valence-corrected chi connectivity index (χ1v) is 8.34. The minimum absolute atomic E-state index is 0.0611. The Kier molecular flexibility index (Phi) is 3.43. The van der Waals surface area contributed by atoms with Crippen LogP contribution in [0.4, 0.5) is 5.69 Å². The lowest BCUT2D eigenvalue weighted by Gasteiger charge is -2.01. The second-order valence-corrected chi connectivity index (χ2v) is 5.98. The molecule has 27 heavy (non-hydrogen) atoms. The number of benzene rings is 2. The molecular weight excluding hydrogens is 342 g/mol. The molecule has 0 atom stereocenters. The number of carbonyl (C=O) groups excluding carboxylic acids is 1. The Morgan fingerprint density at radius 2 is 1.93 bits per heavy atom. The van der Waals surface area contributed by atoms with Gasteiger partial charge in [-0.05, 0) is 30.3 Å². The number of furan rings is 1. The zero-order valence-electron chi connectivity index (χ0n) is 14.0. The monoisotopic (exact) mass is 355 g/mol. The van der Waals surface area contributed by atoms with Crippen molar-refractivity contribution in [2.75, 3.05) is 5.32 Å². The number of nitrogens with one attached hydrogen (secondary N) is 1. The molecule has 0 aliphatic heterocycles. The Bertz CT molecular complexity index is 1240. The summed E-state index contributed by atoms with van der Waals surface area (Å²) in [5.41, 5.74) is 2.39. The van der Waals surface area contributed by atoms with Gasteiger partial charge < -0.3 is 9.73 Å². The van der Waals surface area contributed by atoms with Crippen LogP contribution in [-0.2, 0) is 0 Å². The van der Waals surface area contributed by atoms with E-state index in [-0.39, 0.29) is 5.82 Å². The van der Waals surface area contributed by atoms with Crippen LogP contribution in [0.5, 0.6) is 0 Å². The molecule has 0 aliphatic carbocycles. The molecule has 2 aromatic carbocycles. The van der Waals surface area contributed by atoms with Crippen LogP contribution in [0.3, 0.4) is 0 Å². The number of anilines is 1. The number of rotatable bonds is 3. The molecule has 130 valence electrons. The third kappa shape index (κ3) is 2.81. The summed E-state index contributed by atoms with van der Waals surface area (Å²) >= 11 is 0. The maximum absolute atomic E-state index is 12.4. The van der Waals surface area contributed by atoms with Crippen molar-refractivity contribution in [1.29, 1.82) is 0 Å². The van der Waals surface area contributed by atoms with E-state index in [4.69, 9.17) is 4.42 Å². The van der Waals surface area contributed by atoms with E-state index >= 15 is 0 Å². The summed E-state index contributed by atoms with van der Waals surface area (Å²) in [7, 11) is 0. The predicted octanol–water partition coefficient (Wildman–Crippen LogP) is 3.79. The average Bonchev–Trinajstić information content (AvgIpc) is 3.32. The lowest BCUT2D eigenvalue weighted by atomic mass is 10.1. The minimum Gasteiger partial charge on any atom is -0.456 e. The van der Waals surface area contributed by atoms with Gasteiger partial charge in [-0.15, -0.1) is 5.10 Å². The van der Waals surface area contributed by atoms with Crippen LogP contribution < -0.4 is 5.32 Å². The molecule has 7 heteroatoms. The molecule has 0 fully saturated rings. The van der Waals surface area contributed by atoms with Crippen molar-refractivity contribution in [3.8, 4) is 11.3 Å². The van der Waals surface area contributed by atoms with Crippen LogP contribution in [0.25, 0.3) is 28.1 Å². The largest absolute Gasteiger partial charge is 0.456 e. The van der Waals surface area contributed by atoms with Crippen molar-refractivity contribution in [3.05, 3.63) is 78.9 Å². The van der Waals surface area contributed by atoms with E-state index in [1.54, 1.807) is 24.5 Å². The molecule has 0 aliphatic rings. The van der Waals surface area contributed by atoms with Crippen LogP contribution in [0.1, 0.15) is 10.6 Å². The highest BCUT2D eigenvalue weighted by molar-refractivity contribution is 6.02. The van der Waals surface area contributed by atoms with Crippen molar-refractivity contribution in [3.63, 3.8) is 0 Å². The first kappa shape index (κ1) is 15.3. The van der Waals surface area contributed by atoms with Crippen molar-refractivity contribution in [2.45, 2.75) is 0 Å². The summed E-state index contributed by atoms with van der Waals surface area (Å²) in [6, 6.07) is 19.0. The first-order chi connectivity index (χ1) is 13.3. The summed E-state index contributed by atoms with van der Waals surface area (Å²) < 4.78 is 7.35.